The molecule has 1 atom stereocenters. The quantitative estimate of drug-likeness (QED) is 0.825. The number of tetrazole rings is 1. The number of carbonyl (C=O) groups excluding carboxylic acids is 1. The monoisotopic (exact) mass is 325 g/mol. The number of amides is 1. The van der Waals surface area contributed by atoms with E-state index in [1.54, 1.807) is 16.8 Å². The molecule has 0 aliphatic rings. The van der Waals surface area contributed by atoms with Crippen molar-refractivity contribution in [2.24, 2.45) is 0 Å². The Morgan fingerprint density at radius 2 is 2.14 bits per heavy atom. The van der Waals surface area contributed by atoms with Crippen LogP contribution in [0.1, 0.15) is 20.3 Å². The van der Waals surface area contributed by atoms with Crippen molar-refractivity contribution in [2.45, 2.75) is 31.5 Å². The minimum atomic E-state index is -0.0278. The first-order valence-corrected chi connectivity index (χ1v) is 7.93. The van der Waals surface area contributed by atoms with Gasteiger partial charge in [-0.05, 0) is 48.0 Å². The molecule has 2 aromatic rings. The lowest BCUT2D eigenvalue weighted by Crippen LogP contribution is -2.33. The van der Waals surface area contributed by atoms with E-state index in [1.165, 1.54) is 11.8 Å². The Kier molecular flexibility index (Phi) is 5.58. The van der Waals surface area contributed by atoms with Gasteiger partial charge in [0.1, 0.15) is 0 Å². The van der Waals surface area contributed by atoms with E-state index in [2.05, 4.69) is 20.8 Å². The molecule has 0 fully saturated rings. The minimum absolute atomic E-state index is 0.0278. The number of nitrogens with one attached hydrogen (secondary N) is 1. The van der Waals surface area contributed by atoms with Gasteiger partial charge in [0.25, 0.3) is 0 Å². The second-order valence-corrected chi connectivity index (χ2v) is 5.89. The van der Waals surface area contributed by atoms with Crippen molar-refractivity contribution in [1.82, 2.24) is 25.5 Å². The van der Waals surface area contributed by atoms with Crippen LogP contribution < -0.4 is 5.32 Å². The first-order valence-electron chi connectivity index (χ1n) is 6.56. The van der Waals surface area contributed by atoms with Crippen LogP contribution in [0.5, 0.6) is 0 Å². The maximum atomic E-state index is 11.8. The molecule has 1 heterocycles. The van der Waals surface area contributed by atoms with Gasteiger partial charge in [0.05, 0.1) is 11.4 Å². The topological polar surface area (TPSA) is 72.7 Å². The average Bonchev–Trinajstić information content (AvgIpc) is 2.94. The molecule has 21 heavy (non-hydrogen) atoms. The lowest BCUT2D eigenvalue weighted by Gasteiger charge is -2.10. The van der Waals surface area contributed by atoms with Crippen LogP contribution in [0, 0.1) is 0 Å². The van der Waals surface area contributed by atoms with Gasteiger partial charge in [-0.3, -0.25) is 4.79 Å². The molecular formula is C13H16ClN5OS. The Hall–Kier alpha value is -1.60. The number of hydrogen-bond acceptors (Lipinski definition) is 5. The fraction of sp³-hybridized carbons (Fsp3) is 0.385. The molecule has 0 aliphatic carbocycles. The third-order valence-corrected chi connectivity index (χ3v) is 4.04. The molecule has 1 amide bonds. The van der Waals surface area contributed by atoms with E-state index in [4.69, 9.17) is 11.6 Å². The molecule has 1 aromatic carbocycles. The zero-order valence-electron chi connectivity index (χ0n) is 11.8. The molecule has 0 radical (unpaired) electrons. The molecular weight excluding hydrogens is 310 g/mol. The second-order valence-electron chi connectivity index (χ2n) is 4.52. The summed E-state index contributed by atoms with van der Waals surface area (Å²) in [4.78, 5) is 11.8. The summed E-state index contributed by atoms with van der Waals surface area (Å²) in [7, 11) is 0. The predicted octanol–water partition coefficient (Wildman–Crippen LogP) is 2.32. The van der Waals surface area contributed by atoms with Crippen molar-refractivity contribution in [3.63, 3.8) is 0 Å². The highest BCUT2D eigenvalue weighted by Crippen LogP contribution is 2.19. The summed E-state index contributed by atoms with van der Waals surface area (Å²) in [5.74, 6) is 0.248. The second kappa shape index (κ2) is 7.42. The average molecular weight is 326 g/mol. The summed E-state index contributed by atoms with van der Waals surface area (Å²) in [5, 5.41) is 15.6. The van der Waals surface area contributed by atoms with Gasteiger partial charge in [0.15, 0.2) is 0 Å². The summed E-state index contributed by atoms with van der Waals surface area (Å²) in [6, 6.07) is 7.35. The standard InChI is InChI=1S/C13H16ClN5OS/c1-3-9(2)15-12(20)8-21-13-16-17-18-19(13)11-6-4-10(14)5-7-11/h4-7,9H,3,8H2,1-2H3,(H,15,20)/t9-/m0/s1. The molecule has 6 nitrogen and oxygen atoms in total. The van der Waals surface area contributed by atoms with Crippen LogP contribution >= 0.6 is 23.4 Å². The lowest BCUT2D eigenvalue weighted by molar-refractivity contribution is -0.119. The molecule has 112 valence electrons. The summed E-state index contributed by atoms with van der Waals surface area (Å²) in [6.45, 7) is 4.00. The number of hydrogen-bond donors (Lipinski definition) is 1. The Labute approximate surface area is 132 Å². The highest BCUT2D eigenvalue weighted by Gasteiger charge is 2.12. The summed E-state index contributed by atoms with van der Waals surface area (Å²) in [5.41, 5.74) is 0.800. The third kappa shape index (κ3) is 4.44. The van der Waals surface area contributed by atoms with E-state index < -0.39 is 0 Å². The molecule has 0 unspecified atom stereocenters. The number of carbonyl (C=O) groups is 1. The van der Waals surface area contributed by atoms with Gasteiger partial charge in [-0.1, -0.05) is 30.3 Å². The number of rotatable bonds is 6. The van der Waals surface area contributed by atoms with Crippen LogP contribution in [-0.4, -0.2) is 37.9 Å². The largest absolute Gasteiger partial charge is 0.353 e. The molecule has 0 saturated carbocycles. The number of halogens is 1. The lowest BCUT2D eigenvalue weighted by atomic mass is 10.3. The van der Waals surface area contributed by atoms with E-state index >= 15 is 0 Å². The van der Waals surface area contributed by atoms with Crippen molar-refractivity contribution in [2.75, 3.05) is 5.75 Å². The Balaban J connectivity index is 2.01. The molecule has 1 N–H and O–H groups in total. The summed E-state index contributed by atoms with van der Waals surface area (Å²) < 4.78 is 1.58. The van der Waals surface area contributed by atoms with Gasteiger partial charge in [0, 0.05) is 11.1 Å². The summed E-state index contributed by atoms with van der Waals surface area (Å²) in [6.07, 6.45) is 0.902. The number of aromatic nitrogens is 4. The fourth-order valence-electron chi connectivity index (χ4n) is 1.56. The number of benzene rings is 1. The number of thioether (sulfide) groups is 1. The zero-order chi connectivity index (χ0) is 15.2. The van der Waals surface area contributed by atoms with E-state index in [1.807, 2.05) is 26.0 Å². The third-order valence-electron chi connectivity index (χ3n) is 2.86. The van der Waals surface area contributed by atoms with Crippen molar-refractivity contribution in [1.29, 1.82) is 0 Å². The molecule has 0 aliphatic heterocycles. The van der Waals surface area contributed by atoms with E-state index in [-0.39, 0.29) is 17.7 Å². The smallest absolute Gasteiger partial charge is 0.230 e. The van der Waals surface area contributed by atoms with Gasteiger partial charge in [0.2, 0.25) is 11.1 Å². The first-order chi connectivity index (χ1) is 10.1. The minimum Gasteiger partial charge on any atom is -0.353 e. The maximum absolute atomic E-state index is 11.8. The van der Waals surface area contributed by atoms with E-state index in [0.29, 0.717) is 10.2 Å². The van der Waals surface area contributed by atoms with Crippen molar-refractivity contribution in [3.8, 4) is 5.69 Å². The maximum Gasteiger partial charge on any atom is 0.230 e. The normalized spacial score (nSPS) is 12.1. The molecule has 2 rings (SSSR count). The Morgan fingerprint density at radius 3 is 2.81 bits per heavy atom. The predicted molar refractivity (Wildman–Crippen MR) is 82.8 cm³/mol. The Bertz CT molecular complexity index is 601. The van der Waals surface area contributed by atoms with E-state index in [0.717, 1.165) is 12.1 Å². The molecule has 0 bridgehead atoms. The van der Waals surface area contributed by atoms with Gasteiger partial charge < -0.3 is 5.32 Å². The van der Waals surface area contributed by atoms with Crippen LogP contribution in [0.25, 0.3) is 5.69 Å². The first kappa shape index (κ1) is 15.8. The fourth-order valence-corrected chi connectivity index (χ4v) is 2.39. The van der Waals surface area contributed by atoms with Gasteiger partial charge >= 0.3 is 0 Å². The van der Waals surface area contributed by atoms with Gasteiger partial charge in [-0.25, -0.2) is 0 Å². The summed E-state index contributed by atoms with van der Waals surface area (Å²) >= 11 is 7.15. The van der Waals surface area contributed by atoms with Crippen LogP contribution in [-0.2, 0) is 4.79 Å². The van der Waals surface area contributed by atoms with Crippen molar-refractivity contribution >= 4 is 29.3 Å². The number of nitrogens with zero attached hydrogens (tertiary/aromatic N) is 4. The highest BCUT2D eigenvalue weighted by atomic mass is 35.5. The van der Waals surface area contributed by atoms with E-state index in [9.17, 15) is 4.79 Å². The van der Waals surface area contributed by atoms with Crippen LogP contribution in [0.4, 0.5) is 0 Å². The highest BCUT2D eigenvalue weighted by molar-refractivity contribution is 7.99. The Morgan fingerprint density at radius 1 is 1.43 bits per heavy atom. The SMILES string of the molecule is CC[C@H](C)NC(=O)CSc1nnnn1-c1ccc(Cl)cc1. The van der Waals surface area contributed by atoms with Crippen LogP contribution in [0.15, 0.2) is 29.4 Å². The van der Waals surface area contributed by atoms with Crippen LogP contribution in [0.3, 0.4) is 0 Å². The molecule has 8 heteroatoms. The molecule has 1 aromatic heterocycles. The van der Waals surface area contributed by atoms with Crippen molar-refractivity contribution in [3.05, 3.63) is 29.3 Å². The van der Waals surface area contributed by atoms with Gasteiger partial charge in [-0.2, -0.15) is 4.68 Å². The molecule has 0 spiro atoms. The zero-order valence-corrected chi connectivity index (χ0v) is 13.4. The van der Waals surface area contributed by atoms with Gasteiger partial charge in [-0.15, -0.1) is 5.10 Å². The van der Waals surface area contributed by atoms with Crippen LogP contribution in [0.2, 0.25) is 5.02 Å². The van der Waals surface area contributed by atoms with Crippen molar-refractivity contribution < 1.29 is 4.79 Å². The molecule has 0 saturated heterocycles.